The van der Waals surface area contributed by atoms with Crippen LogP contribution in [0.3, 0.4) is 0 Å². The van der Waals surface area contributed by atoms with Gasteiger partial charge in [0.2, 0.25) is 0 Å². The molecule has 0 amide bonds. The Morgan fingerprint density at radius 2 is 1.96 bits per heavy atom. The Hall–Kier alpha value is -3.67. The Labute approximate surface area is 156 Å². The standard InChI is InChI=1S/C19H16N6O2/c1-24-7-6-12-14(8-20)18(23)19(10-21,11-22)17(15(12)9-24)13-4-2-3-5-16(13)25(26)27/h2-6,15,17H,7,9,23H2,1H3/t15-,17+/m1/s1. The molecule has 134 valence electrons. The van der Waals surface area contributed by atoms with E-state index in [0.29, 0.717) is 18.7 Å². The molecule has 0 fully saturated rings. The highest BCUT2D eigenvalue weighted by Crippen LogP contribution is 2.55. The first kappa shape index (κ1) is 18.1. The quantitative estimate of drug-likeness (QED) is 0.627. The Bertz CT molecular complexity index is 990. The van der Waals surface area contributed by atoms with Gasteiger partial charge in [0, 0.05) is 36.6 Å². The number of nitro benzene ring substituents is 1. The lowest BCUT2D eigenvalue weighted by Gasteiger charge is -2.44. The Balaban J connectivity index is 2.40. The summed E-state index contributed by atoms with van der Waals surface area (Å²) in [5, 5.41) is 41.1. The molecule has 1 heterocycles. The van der Waals surface area contributed by atoms with Crippen LogP contribution < -0.4 is 5.73 Å². The molecule has 8 heteroatoms. The predicted octanol–water partition coefficient (Wildman–Crippen LogP) is 1.95. The second-order valence-electron chi connectivity index (χ2n) is 6.71. The third-order valence-electron chi connectivity index (χ3n) is 5.32. The lowest BCUT2D eigenvalue weighted by atomic mass is 9.58. The number of hydrogen-bond donors (Lipinski definition) is 1. The summed E-state index contributed by atoms with van der Waals surface area (Å²) in [4.78, 5) is 13.1. The van der Waals surface area contributed by atoms with E-state index in [2.05, 4.69) is 0 Å². The molecule has 2 atom stereocenters. The first-order valence-corrected chi connectivity index (χ1v) is 8.26. The fourth-order valence-corrected chi connectivity index (χ4v) is 4.08. The van der Waals surface area contributed by atoms with Gasteiger partial charge in [0.25, 0.3) is 5.69 Å². The van der Waals surface area contributed by atoms with Crippen molar-refractivity contribution in [3.05, 3.63) is 62.9 Å². The van der Waals surface area contributed by atoms with Crippen molar-refractivity contribution in [2.24, 2.45) is 17.1 Å². The molecule has 1 aliphatic heterocycles. The van der Waals surface area contributed by atoms with Crippen molar-refractivity contribution in [2.45, 2.75) is 5.92 Å². The van der Waals surface area contributed by atoms with Gasteiger partial charge in [-0.15, -0.1) is 0 Å². The van der Waals surface area contributed by atoms with Crippen LogP contribution in [-0.2, 0) is 0 Å². The number of para-hydroxylation sites is 1. The van der Waals surface area contributed by atoms with Crippen LogP contribution in [0, 0.1) is 55.4 Å². The lowest BCUT2D eigenvalue weighted by molar-refractivity contribution is -0.385. The maximum absolute atomic E-state index is 11.6. The lowest BCUT2D eigenvalue weighted by Crippen LogP contribution is -2.47. The van der Waals surface area contributed by atoms with Crippen LogP contribution in [0.25, 0.3) is 0 Å². The largest absolute Gasteiger partial charge is 0.399 e. The first-order valence-electron chi connectivity index (χ1n) is 8.26. The fourth-order valence-electron chi connectivity index (χ4n) is 4.08. The van der Waals surface area contributed by atoms with Crippen LogP contribution in [0.15, 0.2) is 47.2 Å². The highest BCUT2D eigenvalue weighted by Gasteiger charge is 2.55. The van der Waals surface area contributed by atoms with E-state index in [1.54, 1.807) is 12.1 Å². The van der Waals surface area contributed by atoms with Crippen molar-refractivity contribution in [2.75, 3.05) is 20.1 Å². The van der Waals surface area contributed by atoms with E-state index in [0.717, 1.165) is 0 Å². The average molecular weight is 360 g/mol. The third kappa shape index (κ3) is 2.54. The molecular formula is C19H16N6O2. The van der Waals surface area contributed by atoms with E-state index >= 15 is 0 Å². The molecule has 8 nitrogen and oxygen atoms in total. The summed E-state index contributed by atoms with van der Waals surface area (Å²) >= 11 is 0. The predicted molar refractivity (Wildman–Crippen MR) is 95.4 cm³/mol. The summed E-state index contributed by atoms with van der Waals surface area (Å²) in [6.45, 7) is 1.03. The number of nitro groups is 1. The van der Waals surface area contributed by atoms with Gasteiger partial charge in [0.1, 0.15) is 6.07 Å². The van der Waals surface area contributed by atoms with Gasteiger partial charge in [0.05, 0.1) is 28.3 Å². The molecule has 0 saturated heterocycles. The molecular weight excluding hydrogens is 344 g/mol. The van der Waals surface area contributed by atoms with E-state index in [1.807, 2.05) is 36.2 Å². The number of nitrogens with two attached hydrogens (primary N) is 1. The summed E-state index contributed by atoms with van der Waals surface area (Å²) in [6, 6.07) is 12.1. The number of nitriles is 3. The minimum atomic E-state index is -1.86. The number of allylic oxidation sites excluding steroid dienone is 2. The van der Waals surface area contributed by atoms with Gasteiger partial charge in [0.15, 0.2) is 5.41 Å². The van der Waals surface area contributed by atoms with E-state index in [9.17, 15) is 25.9 Å². The van der Waals surface area contributed by atoms with E-state index in [1.165, 1.54) is 12.1 Å². The highest BCUT2D eigenvalue weighted by molar-refractivity contribution is 5.61. The molecule has 0 saturated carbocycles. The van der Waals surface area contributed by atoms with Gasteiger partial charge in [-0.3, -0.25) is 10.1 Å². The van der Waals surface area contributed by atoms with Gasteiger partial charge in [-0.2, -0.15) is 15.8 Å². The summed E-state index contributed by atoms with van der Waals surface area (Å²) in [5.74, 6) is -1.30. The normalized spacial score (nSPS) is 24.0. The molecule has 0 spiro atoms. The van der Waals surface area contributed by atoms with E-state index in [-0.39, 0.29) is 22.5 Å². The fraction of sp³-hybridized carbons (Fsp3) is 0.316. The molecule has 2 aliphatic rings. The van der Waals surface area contributed by atoms with Crippen molar-refractivity contribution < 1.29 is 4.92 Å². The number of likely N-dealkylation sites (N-methyl/N-ethyl adjacent to an activating group) is 1. The summed E-state index contributed by atoms with van der Waals surface area (Å²) in [7, 11) is 1.87. The van der Waals surface area contributed by atoms with Crippen LogP contribution in [0.1, 0.15) is 11.5 Å². The molecule has 0 unspecified atom stereocenters. The molecule has 2 N–H and O–H groups in total. The zero-order valence-corrected chi connectivity index (χ0v) is 14.6. The topological polar surface area (TPSA) is 144 Å². The van der Waals surface area contributed by atoms with Crippen molar-refractivity contribution in [3.8, 4) is 18.2 Å². The SMILES string of the molecule is CN1CC=C2C(C#N)=C(N)C(C#N)(C#N)[C@@H](c3ccccc3[N+](=O)[O-])[C@@H]2C1. The molecule has 0 aromatic heterocycles. The number of nitrogens with zero attached hydrogens (tertiary/aromatic N) is 5. The third-order valence-corrected chi connectivity index (χ3v) is 5.32. The van der Waals surface area contributed by atoms with E-state index in [4.69, 9.17) is 5.73 Å². The molecule has 0 bridgehead atoms. The van der Waals surface area contributed by atoms with Crippen LogP contribution >= 0.6 is 0 Å². The van der Waals surface area contributed by atoms with Crippen LogP contribution in [-0.4, -0.2) is 30.0 Å². The van der Waals surface area contributed by atoms with E-state index < -0.39 is 22.2 Å². The zero-order valence-electron chi connectivity index (χ0n) is 14.6. The molecule has 1 aromatic rings. The Morgan fingerprint density at radius 3 is 2.56 bits per heavy atom. The number of rotatable bonds is 2. The molecule has 27 heavy (non-hydrogen) atoms. The minimum absolute atomic E-state index is 0.131. The molecule has 1 aliphatic carbocycles. The molecule has 0 radical (unpaired) electrons. The van der Waals surface area contributed by atoms with Gasteiger partial charge in [-0.25, -0.2) is 0 Å². The van der Waals surface area contributed by atoms with Crippen LogP contribution in [0.4, 0.5) is 5.69 Å². The van der Waals surface area contributed by atoms with Gasteiger partial charge in [-0.1, -0.05) is 24.3 Å². The summed E-state index contributed by atoms with van der Waals surface area (Å²) in [6.07, 6.45) is 1.85. The summed E-state index contributed by atoms with van der Waals surface area (Å²) < 4.78 is 0. The van der Waals surface area contributed by atoms with Crippen molar-refractivity contribution in [3.63, 3.8) is 0 Å². The second kappa shape index (κ2) is 6.57. The monoisotopic (exact) mass is 360 g/mol. The average Bonchev–Trinajstić information content (AvgIpc) is 2.67. The number of fused-ring (bicyclic) bond motifs is 1. The first-order chi connectivity index (χ1) is 12.9. The van der Waals surface area contributed by atoms with Crippen molar-refractivity contribution in [1.29, 1.82) is 15.8 Å². The van der Waals surface area contributed by atoms with Crippen LogP contribution in [0.5, 0.6) is 0 Å². The van der Waals surface area contributed by atoms with Crippen LogP contribution in [0.2, 0.25) is 0 Å². The Kier molecular flexibility index (Phi) is 4.41. The maximum Gasteiger partial charge on any atom is 0.272 e. The minimum Gasteiger partial charge on any atom is -0.399 e. The van der Waals surface area contributed by atoms with Gasteiger partial charge in [-0.05, 0) is 12.6 Å². The Morgan fingerprint density at radius 1 is 1.30 bits per heavy atom. The van der Waals surface area contributed by atoms with Gasteiger partial charge < -0.3 is 10.6 Å². The second-order valence-corrected chi connectivity index (χ2v) is 6.71. The molecule has 3 rings (SSSR count). The number of hydrogen-bond acceptors (Lipinski definition) is 7. The maximum atomic E-state index is 11.6. The zero-order chi connectivity index (χ0) is 19.8. The van der Waals surface area contributed by atoms with Gasteiger partial charge >= 0.3 is 0 Å². The van der Waals surface area contributed by atoms with Crippen molar-refractivity contribution >= 4 is 5.69 Å². The summed E-state index contributed by atoms with van der Waals surface area (Å²) in [5.41, 5.74) is 5.06. The number of benzene rings is 1. The van der Waals surface area contributed by atoms with Crippen molar-refractivity contribution in [1.82, 2.24) is 4.90 Å². The smallest absolute Gasteiger partial charge is 0.272 e. The molecule has 1 aromatic carbocycles. The highest BCUT2D eigenvalue weighted by atomic mass is 16.6.